The van der Waals surface area contributed by atoms with Crippen molar-refractivity contribution in [2.45, 2.75) is 18.6 Å². The molecule has 0 unspecified atom stereocenters. The van der Waals surface area contributed by atoms with E-state index in [4.69, 9.17) is 0 Å². The van der Waals surface area contributed by atoms with E-state index < -0.39 is 0 Å². The van der Waals surface area contributed by atoms with Crippen LogP contribution in [0, 0.1) is 6.92 Å². The fourth-order valence-electron chi connectivity index (χ4n) is 3.58. The Balaban J connectivity index is 1.52. The molecule has 1 amide bonds. The molecule has 0 radical (unpaired) electrons. The molecule has 0 saturated heterocycles. The summed E-state index contributed by atoms with van der Waals surface area (Å²) < 4.78 is 2.02. The summed E-state index contributed by atoms with van der Waals surface area (Å²) in [5, 5.41) is 9.56. The average Bonchev–Trinajstić information content (AvgIpc) is 3.27. The van der Waals surface area contributed by atoms with Crippen molar-refractivity contribution in [3.8, 4) is 17.1 Å². The van der Waals surface area contributed by atoms with E-state index in [9.17, 15) is 4.79 Å². The van der Waals surface area contributed by atoms with Crippen LogP contribution in [0.5, 0.6) is 0 Å². The standard InChI is InChI=1S/C26H28N6OS/c1-19-7-5-6-8-23(19)32-25(21-13-15-27-16-14-21)28-29-26(32)34-18-24(33)31(4)17-20-9-11-22(12-10-20)30(2)3/h5-16H,17-18H2,1-4H3. The van der Waals surface area contributed by atoms with Crippen LogP contribution in [0.3, 0.4) is 0 Å². The molecule has 0 spiro atoms. The zero-order valence-corrected chi connectivity index (χ0v) is 20.7. The van der Waals surface area contributed by atoms with Gasteiger partial charge in [-0.05, 0) is 48.4 Å². The Hall–Kier alpha value is -3.65. The van der Waals surface area contributed by atoms with E-state index in [0.717, 1.165) is 33.9 Å². The Morgan fingerprint density at radius 2 is 1.65 bits per heavy atom. The number of hydrogen-bond acceptors (Lipinski definition) is 6. The largest absolute Gasteiger partial charge is 0.378 e. The molecule has 8 heteroatoms. The fraction of sp³-hybridized carbons (Fsp3) is 0.231. The maximum atomic E-state index is 12.9. The number of pyridine rings is 1. The van der Waals surface area contributed by atoms with Crippen molar-refractivity contribution in [2.75, 3.05) is 31.8 Å². The number of carbonyl (C=O) groups excluding carboxylic acids is 1. The number of carbonyl (C=O) groups is 1. The van der Waals surface area contributed by atoms with Crippen molar-refractivity contribution in [2.24, 2.45) is 0 Å². The Bertz CT molecular complexity index is 1250. The van der Waals surface area contributed by atoms with E-state index in [1.54, 1.807) is 17.3 Å². The molecule has 0 aliphatic heterocycles. The molecule has 0 atom stereocenters. The normalized spacial score (nSPS) is 10.8. The van der Waals surface area contributed by atoms with Gasteiger partial charge in [0, 0.05) is 51.3 Å². The van der Waals surface area contributed by atoms with Gasteiger partial charge in [0.25, 0.3) is 0 Å². The van der Waals surface area contributed by atoms with Gasteiger partial charge in [0.2, 0.25) is 5.91 Å². The van der Waals surface area contributed by atoms with Crippen LogP contribution in [0.1, 0.15) is 11.1 Å². The monoisotopic (exact) mass is 472 g/mol. The Morgan fingerprint density at radius 3 is 2.32 bits per heavy atom. The van der Waals surface area contributed by atoms with Crippen molar-refractivity contribution in [1.82, 2.24) is 24.6 Å². The van der Waals surface area contributed by atoms with Crippen LogP contribution >= 0.6 is 11.8 Å². The Morgan fingerprint density at radius 1 is 0.941 bits per heavy atom. The van der Waals surface area contributed by atoms with Crippen molar-refractivity contribution >= 4 is 23.4 Å². The summed E-state index contributed by atoms with van der Waals surface area (Å²) >= 11 is 1.40. The quantitative estimate of drug-likeness (QED) is 0.353. The predicted octanol–water partition coefficient (Wildman–Crippen LogP) is 4.45. The summed E-state index contributed by atoms with van der Waals surface area (Å²) in [5.41, 5.74) is 5.23. The summed E-state index contributed by atoms with van der Waals surface area (Å²) in [6.07, 6.45) is 3.48. The molecule has 4 rings (SSSR count). The second-order valence-electron chi connectivity index (χ2n) is 8.26. The van der Waals surface area contributed by atoms with Crippen LogP contribution in [0.25, 0.3) is 17.1 Å². The topological polar surface area (TPSA) is 67.2 Å². The number of hydrogen-bond donors (Lipinski definition) is 0. The third kappa shape index (κ3) is 5.28. The van der Waals surface area contributed by atoms with Gasteiger partial charge in [0.15, 0.2) is 11.0 Å². The van der Waals surface area contributed by atoms with Gasteiger partial charge in [-0.1, -0.05) is 42.1 Å². The molecule has 7 nitrogen and oxygen atoms in total. The van der Waals surface area contributed by atoms with Crippen molar-refractivity contribution < 1.29 is 4.79 Å². The smallest absolute Gasteiger partial charge is 0.233 e. The molecule has 34 heavy (non-hydrogen) atoms. The summed E-state index contributed by atoms with van der Waals surface area (Å²) in [7, 11) is 5.85. The number of amides is 1. The Labute approximate surface area is 204 Å². The van der Waals surface area contributed by atoms with Gasteiger partial charge in [0.1, 0.15) is 0 Å². The molecule has 174 valence electrons. The molecule has 2 aromatic carbocycles. The van der Waals surface area contributed by atoms with Gasteiger partial charge in [0.05, 0.1) is 11.4 Å². The lowest BCUT2D eigenvalue weighted by Gasteiger charge is -2.18. The first kappa shape index (κ1) is 23.5. The van der Waals surface area contributed by atoms with Crippen LogP contribution in [0.15, 0.2) is 78.2 Å². The second kappa shape index (κ2) is 10.5. The lowest BCUT2D eigenvalue weighted by atomic mass is 10.2. The lowest BCUT2D eigenvalue weighted by Crippen LogP contribution is -2.28. The summed E-state index contributed by atoms with van der Waals surface area (Å²) in [5.74, 6) is 1.03. The number of para-hydroxylation sites is 1. The number of aryl methyl sites for hydroxylation is 1. The number of rotatable bonds is 8. The first-order chi connectivity index (χ1) is 16.4. The Kier molecular flexibility index (Phi) is 7.27. The van der Waals surface area contributed by atoms with E-state index in [2.05, 4.69) is 57.3 Å². The number of nitrogens with zero attached hydrogens (tertiary/aromatic N) is 6. The minimum absolute atomic E-state index is 0.0338. The van der Waals surface area contributed by atoms with Crippen LogP contribution < -0.4 is 4.90 Å². The molecule has 2 aromatic heterocycles. The van der Waals surface area contributed by atoms with Crippen LogP contribution in [0.2, 0.25) is 0 Å². The van der Waals surface area contributed by atoms with Crippen LogP contribution in [0.4, 0.5) is 5.69 Å². The highest BCUT2D eigenvalue weighted by molar-refractivity contribution is 7.99. The average molecular weight is 473 g/mol. The van der Waals surface area contributed by atoms with Gasteiger partial charge in [-0.25, -0.2) is 0 Å². The van der Waals surface area contributed by atoms with Gasteiger partial charge in [-0.2, -0.15) is 0 Å². The van der Waals surface area contributed by atoms with Crippen LogP contribution in [-0.2, 0) is 11.3 Å². The molecule has 0 saturated carbocycles. The van der Waals surface area contributed by atoms with Crippen molar-refractivity contribution in [3.63, 3.8) is 0 Å². The number of benzene rings is 2. The van der Waals surface area contributed by atoms with E-state index in [0.29, 0.717) is 11.7 Å². The minimum Gasteiger partial charge on any atom is -0.378 e. The number of thioether (sulfide) groups is 1. The molecule has 0 fully saturated rings. The third-order valence-corrected chi connectivity index (χ3v) is 6.46. The third-order valence-electron chi connectivity index (χ3n) is 5.55. The molecule has 0 aliphatic carbocycles. The SMILES string of the molecule is Cc1ccccc1-n1c(SCC(=O)N(C)Cc2ccc(N(C)C)cc2)nnc1-c1ccncc1. The van der Waals surface area contributed by atoms with Gasteiger partial charge >= 0.3 is 0 Å². The van der Waals surface area contributed by atoms with E-state index in [1.807, 2.05) is 56.0 Å². The summed E-state index contributed by atoms with van der Waals surface area (Å²) in [6, 6.07) is 20.2. The maximum Gasteiger partial charge on any atom is 0.233 e. The highest BCUT2D eigenvalue weighted by Crippen LogP contribution is 2.29. The van der Waals surface area contributed by atoms with Crippen molar-refractivity contribution in [1.29, 1.82) is 0 Å². The predicted molar refractivity (Wildman–Crippen MR) is 137 cm³/mol. The molecule has 0 N–H and O–H groups in total. The molecule has 4 aromatic rings. The first-order valence-electron chi connectivity index (χ1n) is 11.0. The highest BCUT2D eigenvalue weighted by Gasteiger charge is 2.19. The zero-order valence-electron chi connectivity index (χ0n) is 19.8. The lowest BCUT2D eigenvalue weighted by molar-refractivity contribution is -0.127. The van der Waals surface area contributed by atoms with E-state index >= 15 is 0 Å². The van der Waals surface area contributed by atoms with Gasteiger partial charge in [-0.15, -0.1) is 10.2 Å². The van der Waals surface area contributed by atoms with Gasteiger partial charge < -0.3 is 9.80 Å². The molecule has 2 heterocycles. The van der Waals surface area contributed by atoms with E-state index in [1.165, 1.54) is 11.8 Å². The van der Waals surface area contributed by atoms with E-state index in [-0.39, 0.29) is 11.7 Å². The maximum absolute atomic E-state index is 12.9. The summed E-state index contributed by atoms with van der Waals surface area (Å²) in [4.78, 5) is 20.8. The van der Waals surface area contributed by atoms with Crippen LogP contribution in [-0.4, -0.2) is 57.5 Å². The van der Waals surface area contributed by atoms with Crippen molar-refractivity contribution in [3.05, 3.63) is 84.2 Å². The van der Waals surface area contributed by atoms with Gasteiger partial charge in [-0.3, -0.25) is 14.3 Å². The zero-order chi connectivity index (χ0) is 24.1. The summed E-state index contributed by atoms with van der Waals surface area (Å²) in [6.45, 7) is 2.61. The highest BCUT2D eigenvalue weighted by atomic mass is 32.2. The molecule has 0 bridgehead atoms. The molecule has 0 aliphatic rings. The number of anilines is 1. The minimum atomic E-state index is 0.0338. The molecular weight excluding hydrogens is 444 g/mol. The fourth-order valence-corrected chi connectivity index (χ4v) is 4.47. The first-order valence-corrected chi connectivity index (χ1v) is 12.0. The molecular formula is C26H28N6OS. The number of aromatic nitrogens is 4. The second-order valence-corrected chi connectivity index (χ2v) is 9.21.